The number of hydrogen-bond donors (Lipinski definition) is 0. The van der Waals surface area contributed by atoms with Crippen LogP contribution >= 0.6 is 11.6 Å². The number of esters is 1. The maximum Gasteiger partial charge on any atom is 0.339 e. The lowest BCUT2D eigenvalue weighted by atomic mass is 10.1. The zero-order chi connectivity index (χ0) is 26.8. The maximum atomic E-state index is 13.6. The summed E-state index contributed by atoms with van der Waals surface area (Å²) in [6, 6.07) is 10.5. The Hall–Kier alpha value is -3.46. The Labute approximate surface area is 227 Å². The Morgan fingerprint density at radius 1 is 1.08 bits per heavy atom. The lowest BCUT2D eigenvalue weighted by Crippen LogP contribution is -2.52. The molecule has 2 saturated heterocycles. The molecule has 2 atom stereocenters. The van der Waals surface area contributed by atoms with Gasteiger partial charge >= 0.3 is 5.97 Å². The second-order valence-electron chi connectivity index (χ2n) is 9.84. The normalized spacial score (nSPS) is 19.7. The summed E-state index contributed by atoms with van der Waals surface area (Å²) in [5.74, 6) is 1.49. The molecule has 2 aliphatic rings. The van der Waals surface area contributed by atoms with Crippen molar-refractivity contribution in [1.29, 1.82) is 0 Å². The van der Waals surface area contributed by atoms with Gasteiger partial charge in [0.2, 0.25) is 5.95 Å². The fourth-order valence-corrected chi connectivity index (χ4v) is 5.46. The van der Waals surface area contributed by atoms with Crippen molar-refractivity contribution >= 4 is 35.2 Å². The molecule has 0 radical (unpaired) electrons. The third kappa shape index (κ3) is 5.38. The van der Waals surface area contributed by atoms with Crippen LogP contribution in [0.1, 0.15) is 44.0 Å². The lowest BCUT2D eigenvalue weighted by Gasteiger charge is -2.41. The first-order valence-corrected chi connectivity index (χ1v) is 13.5. The van der Waals surface area contributed by atoms with E-state index in [9.17, 15) is 9.18 Å². The van der Waals surface area contributed by atoms with Crippen LogP contribution in [-0.2, 0) is 4.74 Å². The molecule has 0 spiro atoms. The number of pyridine rings is 1. The molecule has 38 heavy (non-hydrogen) atoms. The van der Waals surface area contributed by atoms with Crippen molar-refractivity contribution in [1.82, 2.24) is 15.0 Å². The van der Waals surface area contributed by atoms with Gasteiger partial charge in [-0.25, -0.2) is 19.2 Å². The molecule has 2 aromatic heterocycles. The van der Waals surface area contributed by atoms with Crippen LogP contribution < -0.4 is 14.7 Å². The van der Waals surface area contributed by atoms with Crippen molar-refractivity contribution in [2.45, 2.75) is 45.7 Å². The maximum absolute atomic E-state index is 13.6. The monoisotopic (exact) mass is 538 g/mol. The van der Waals surface area contributed by atoms with Gasteiger partial charge in [0.05, 0.1) is 22.9 Å². The summed E-state index contributed by atoms with van der Waals surface area (Å²) >= 11 is 6.54. The van der Waals surface area contributed by atoms with Crippen molar-refractivity contribution in [2.24, 2.45) is 0 Å². The number of hydrogen-bond acceptors (Lipinski definition) is 8. The molecule has 3 aromatic rings. The van der Waals surface area contributed by atoms with E-state index in [1.54, 1.807) is 25.1 Å². The lowest BCUT2D eigenvalue weighted by molar-refractivity contribution is 0.0526. The number of piperazine rings is 1. The Bertz CT molecular complexity index is 1310. The van der Waals surface area contributed by atoms with Crippen molar-refractivity contribution in [3.63, 3.8) is 0 Å². The molecule has 0 aliphatic carbocycles. The molecule has 0 bridgehead atoms. The first kappa shape index (κ1) is 26.2. The Morgan fingerprint density at radius 3 is 2.53 bits per heavy atom. The summed E-state index contributed by atoms with van der Waals surface area (Å²) < 4.78 is 18.7. The van der Waals surface area contributed by atoms with Gasteiger partial charge in [0, 0.05) is 56.1 Å². The number of aromatic nitrogens is 3. The second-order valence-corrected chi connectivity index (χ2v) is 10.2. The molecule has 1 aromatic carbocycles. The SMILES string of the molecule is CCOC(=O)c1cnc(N2CCN(c3cc(-c4ccc(F)cc4)nc(N4CCCC4C)n3)C(C)C2)c(Cl)c1. The standard InChI is InChI=1S/C28H32ClFN6O2/c1-4-38-27(37)21-14-23(29)26(31-16-21)34-12-13-35(19(3)17-34)25-15-24(20-7-9-22(30)10-8-20)32-28(33-25)36-11-5-6-18(36)2/h7-10,14-16,18-19H,4-6,11-13,17H2,1-3H3. The Balaban J connectivity index is 1.40. The highest BCUT2D eigenvalue weighted by molar-refractivity contribution is 6.33. The molecule has 4 heterocycles. The minimum Gasteiger partial charge on any atom is -0.462 e. The summed E-state index contributed by atoms with van der Waals surface area (Å²) in [6.45, 7) is 9.38. The van der Waals surface area contributed by atoms with E-state index in [-0.39, 0.29) is 11.9 Å². The summed E-state index contributed by atoms with van der Waals surface area (Å²) in [7, 11) is 0. The van der Waals surface area contributed by atoms with E-state index in [1.165, 1.54) is 18.3 Å². The first-order valence-electron chi connectivity index (χ1n) is 13.1. The molecule has 2 fully saturated rings. The third-order valence-corrected chi connectivity index (χ3v) is 7.48. The van der Waals surface area contributed by atoms with Gasteiger partial charge in [0.1, 0.15) is 17.5 Å². The fourth-order valence-electron chi connectivity index (χ4n) is 5.18. The molecule has 0 amide bonds. The molecule has 2 unspecified atom stereocenters. The number of halogens is 2. The number of nitrogens with zero attached hydrogens (tertiary/aromatic N) is 6. The number of rotatable bonds is 6. The van der Waals surface area contributed by atoms with Gasteiger partial charge < -0.3 is 19.4 Å². The van der Waals surface area contributed by atoms with E-state index < -0.39 is 5.97 Å². The summed E-state index contributed by atoms with van der Waals surface area (Å²) in [5.41, 5.74) is 1.97. The van der Waals surface area contributed by atoms with E-state index in [1.807, 2.05) is 6.07 Å². The van der Waals surface area contributed by atoms with E-state index in [0.29, 0.717) is 54.6 Å². The van der Waals surface area contributed by atoms with Crippen LogP contribution in [0.4, 0.5) is 22.0 Å². The predicted molar refractivity (Wildman–Crippen MR) is 148 cm³/mol. The van der Waals surface area contributed by atoms with Gasteiger partial charge in [0.25, 0.3) is 0 Å². The highest BCUT2D eigenvalue weighted by atomic mass is 35.5. The summed E-state index contributed by atoms with van der Waals surface area (Å²) in [4.78, 5) is 33.1. The number of benzene rings is 1. The molecule has 0 saturated carbocycles. The molecule has 200 valence electrons. The van der Waals surface area contributed by atoms with Crippen molar-refractivity contribution in [2.75, 3.05) is 47.5 Å². The third-order valence-electron chi connectivity index (χ3n) is 7.20. The van der Waals surface area contributed by atoms with Crippen molar-refractivity contribution < 1.29 is 13.9 Å². The van der Waals surface area contributed by atoms with Crippen LogP contribution in [0.5, 0.6) is 0 Å². The zero-order valence-electron chi connectivity index (χ0n) is 21.9. The van der Waals surface area contributed by atoms with Gasteiger partial charge in [-0.05, 0) is 63.9 Å². The van der Waals surface area contributed by atoms with Gasteiger partial charge in [0.15, 0.2) is 0 Å². The van der Waals surface area contributed by atoms with Crippen molar-refractivity contribution in [3.05, 3.63) is 59.0 Å². The minimum atomic E-state index is -0.435. The first-order chi connectivity index (χ1) is 18.3. The van der Waals surface area contributed by atoms with Crippen LogP contribution in [-0.4, -0.2) is 65.8 Å². The number of anilines is 3. The van der Waals surface area contributed by atoms with Crippen LogP contribution in [0, 0.1) is 5.82 Å². The van der Waals surface area contributed by atoms with E-state index >= 15 is 0 Å². The topological polar surface area (TPSA) is 74.7 Å². The quantitative estimate of drug-likeness (QED) is 0.396. The summed E-state index contributed by atoms with van der Waals surface area (Å²) in [6.07, 6.45) is 3.73. The molecule has 10 heteroatoms. The minimum absolute atomic E-state index is 0.103. The van der Waals surface area contributed by atoms with Gasteiger partial charge in [-0.15, -0.1) is 0 Å². The molecule has 8 nitrogen and oxygen atoms in total. The van der Waals surface area contributed by atoms with Gasteiger partial charge in [-0.2, -0.15) is 4.98 Å². The van der Waals surface area contributed by atoms with E-state index in [4.69, 9.17) is 26.3 Å². The highest BCUT2D eigenvalue weighted by Crippen LogP contribution is 2.32. The molecule has 5 rings (SSSR count). The molecule has 2 aliphatic heterocycles. The average molecular weight is 539 g/mol. The van der Waals surface area contributed by atoms with Crippen LogP contribution in [0.15, 0.2) is 42.6 Å². The predicted octanol–water partition coefficient (Wildman–Crippen LogP) is 5.21. The van der Waals surface area contributed by atoms with Crippen molar-refractivity contribution in [3.8, 4) is 11.3 Å². The highest BCUT2D eigenvalue weighted by Gasteiger charge is 2.30. The van der Waals surface area contributed by atoms with Gasteiger partial charge in [-0.1, -0.05) is 11.6 Å². The smallest absolute Gasteiger partial charge is 0.339 e. The van der Waals surface area contributed by atoms with Crippen LogP contribution in [0.2, 0.25) is 5.02 Å². The van der Waals surface area contributed by atoms with Gasteiger partial charge in [-0.3, -0.25) is 0 Å². The fraction of sp³-hybridized carbons (Fsp3) is 0.429. The van der Waals surface area contributed by atoms with Crippen LogP contribution in [0.25, 0.3) is 11.3 Å². The Morgan fingerprint density at radius 2 is 1.87 bits per heavy atom. The van der Waals surface area contributed by atoms with E-state index in [0.717, 1.165) is 36.5 Å². The zero-order valence-corrected chi connectivity index (χ0v) is 22.7. The number of carbonyl (C=O) groups excluding carboxylic acids is 1. The number of carbonyl (C=O) groups is 1. The van der Waals surface area contributed by atoms with E-state index in [2.05, 4.69) is 33.5 Å². The second kappa shape index (κ2) is 11.1. The molecular weight excluding hydrogens is 507 g/mol. The van der Waals surface area contributed by atoms with Crippen LogP contribution in [0.3, 0.4) is 0 Å². The molecule has 0 N–H and O–H groups in total. The largest absolute Gasteiger partial charge is 0.462 e. The average Bonchev–Trinajstić information content (AvgIpc) is 3.34. The Kier molecular flexibility index (Phi) is 7.65. The summed E-state index contributed by atoms with van der Waals surface area (Å²) in [5, 5.41) is 0.419. The molecular formula is C28H32ClFN6O2. The number of ether oxygens (including phenoxy) is 1.